The lowest BCUT2D eigenvalue weighted by Crippen LogP contribution is -2.72. The third kappa shape index (κ3) is 6.56. The zero-order valence-electron chi connectivity index (χ0n) is 19.2. The lowest BCUT2D eigenvalue weighted by molar-refractivity contribution is -0.141. The highest BCUT2D eigenvalue weighted by Crippen LogP contribution is 2.34. The fourth-order valence-corrected chi connectivity index (χ4v) is 4.21. The van der Waals surface area contributed by atoms with Gasteiger partial charge in [-0.25, -0.2) is 13.2 Å². The highest BCUT2D eigenvalue weighted by Gasteiger charge is 2.51. The van der Waals surface area contributed by atoms with Crippen molar-refractivity contribution in [3.63, 3.8) is 0 Å². The number of piperidine rings is 1. The Labute approximate surface area is 193 Å². The molecule has 0 aliphatic carbocycles. The topological polar surface area (TPSA) is 64.0 Å². The minimum absolute atomic E-state index is 0.00311. The number of carbonyl (C=O) groups excluding carboxylic acids is 1. The molecule has 0 radical (unpaired) electrons. The molecule has 0 aromatic heterocycles. The van der Waals surface area contributed by atoms with E-state index in [0.717, 1.165) is 31.9 Å². The lowest BCUT2D eigenvalue weighted by Gasteiger charge is -2.54. The fourth-order valence-electron chi connectivity index (χ4n) is 4.21. The van der Waals surface area contributed by atoms with Crippen LogP contribution in [0.3, 0.4) is 0 Å². The molecule has 2 fully saturated rings. The van der Waals surface area contributed by atoms with E-state index in [9.17, 15) is 23.1 Å². The van der Waals surface area contributed by atoms with E-state index in [-0.39, 0.29) is 25.7 Å². The van der Waals surface area contributed by atoms with Crippen LogP contribution in [-0.2, 0) is 0 Å². The first-order valence-electron chi connectivity index (χ1n) is 11.4. The second kappa shape index (κ2) is 12.7. The predicted octanol–water partition coefficient (Wildman–Crippen LogP) is 3.85. The molecule has 2 aromatic rings. The standard InChI is InChI=1S/C17H21F3N2O3.C6H6.C2H6/c18-12-5-4-11(14(19)15(12)20)16(24)22-9-17(25,10-22)13-3-1-2-6-21(13)7-8-23;1-2-4-6-5-3-1;1-2/h4-5,13,23,25H,1-3,6-10H2;1-6H;1-2H3. The van der Waals surface area contributed by atoms with Crippen molar-refractivity contribution in [1.29, 1.82) is 0 Å². The molecule has 2 heterocycles. The van der Waals surface area contributed by atoms with Gasteiger partial charge < -0.3 is 15.1 Å². The third-order valence-corrected chi connectivity index (χ3v) is 5.77. The molecule has 1 amide bonds. The van der Waals surface area contributed by atoms with Crippen LogP contribution in [0.2, 0.25) is 0 Å². The second-order valence-electron chi connectivity index (χ2n) is 7.91. The van der Waals surface area contributed by atoms with Crippen LogP contribution >= 0.6 is 0 Å². The molecule has 182 valence electrons. The Hall–Kier alpha value is -2.42. The van der Waals surface area contributed by atoms with Crippen LogP contribution in [0.5, 0.6) is 0 Å². The molecule has 2 aliphatic rings. The van der Waals surface area contributed by atoms with Crippen molar-refractivity contribution < 1.29 is 28.2 Å². The van der Waals surface area contributed by atoms with Crippen LogP contribution < -0.4 is 0 Å². The van der Waals surface area contributed by atoms with Crippen molar-refractivity contribution in [1.82, 2.24) is 9.80 Å². The summed E-state index contributed by atoms with van der Waals surface area (Å²) in [7, 11) is 0. The maximum Gasteiger partial charge on any atom is 0.257 e. The van der Waals surface area contributed by atoms with E-state index < -0.39 is 34.5 Å². The van der Waals surface area contributed by atoms with E-state index in [1.807, 2.05) is 55.1 Å². The molecular formula is C25H33F3N2O3. The number of aliphatic hydroxyl groups excluding tert-OH is 1. The normalized spacial score (nSPS) is 19.4. The highest BCUT2D eigenvalue weighted by atomic mass is 19.2. The first-order chi connectivity index (χ1) is 15.9. The van der Waals surface area contributed by atoms with Gasteiger partial charge in [0.15, 0.2) is 17.5 Å². The van der Waals surface area contributed by atoms with E-state index in [1.165, 1.54) is 4.90 Å². The summed E-state index contributed by atoms with van der Waals surface area (Å²) in [6, 6.07) is 13.4. The molecule has 0 spiro atoms. The number of amides is 1. The van der Waals surface area contributed by atoms with Crippen molar-refractivity contribution in [3.05, 3.63) is 71.5 Å². The van der Waals surface area contributed by atoms with Gasteiger partial charge in [-0.15, -0.1) is 0 Å². The van der Waals surface area contributed by atoms with Crippen LogP contribution in [0.1, 0.15) is 43.5 Å². The number of halogens is 3. The van der Waals surface area contributed by atoms with Gasteiger partial charge in [0, 0.05) is 12.6 Å². The number of rotatable bonds is 4. The van der Waals surface area contributed by atoms with E-state index in [2.05, 4.69) is 0 Å². The number of β-amino-alcohol motifs (C(OH)–C–C–N with tert-alkyl or cyclic N) is 2. The SMILES string of the molecule is CC.O=C(c1ccc(F)c(F)c1F)N1CC(O)(C2CCCCN2CCO)C1.c1ccccc1. The first-order valence-corrected chi connectivity index (χ1v) is 11.4. The summed E-state index contributed by atoms with van der Waals surface area (Å²) in [6.07, 6.45) is 2.67. The van der Waals surface area contributed by atoms with Crippen LogP contribution in [0.15, 0.2) is 48.5 Å². The van der Waals surface area contributed by atoms with E-state index >= 15 is 0 Å². The van der Waals surface area contributed by atoms with Gasteiger partial charge in [0.2, 0.25) is 0 Å². The number of carbonyl (C=O) groups is 1. The predicted molar refractivity (Wildman–Crippen MR) is 121 cm³/mol. The monoisotopic (exact) mass is 466 g/mol. The Balaban J connectivity index is 0.000000411. The molecule has 2 saturated heterocycles. The van der Waals surface area contributed by atoms with Gasteiger partial charge in [-0.3, -0.25) is 9.69 Å². The Morgan fingerprint density at radius 2 is 1.58 bits per heavy atom. The summed E-state index contributed by atoms with van der Waals surface area (Å²) >= 11 is 0. The number of aliphatic hydroxyl groups is 2. The largest absolute Gasteiger partial charge is 0.395 e. The minimum atomic E-state index is -1.68. The van der Waals surface area contributed by atoms with Crippen molar-refractivity contribution >= 4 is 5.91 Å². The summed E-state index contributed by atoms with van der Waals surface area (Å²) in [4.78, 5) is 15.5. The summed E-state index contributed by atoms with van der Waals surface area (Å²) in [5, 5.41) is 20.0. The van der Waals surface area contributed by atoms with Gasteiger partial charge in [0.05, 0.1) is 25.3 Å². The van der Waals surface area contributed by atoms with Gasteiger partial charge in [-0.05, 0) is 31.5 Å². The molecule has 33 heavy (non-hydrogen) atoms. The first kappa shape index (κ1) is 26.8. The molecule has 2 N–H and O–H groups in total. The van der Waals surface area contributed by atoms with Crippen LogP contribution in [0.25, 0.3) is 0 Å². The maximum absolute atomic E-state index is 13.8. The van der Waals surface area contributed by atoms with Crippen molar-refractivity contribution in [2.75, 3.05) is 32.8 Å². The molecule has 0 bridgehead atoms. The number of nitrogens with zero attached hydrogens (tertiary/aromatic N) is 2. The van der Waals surface area contributed by atoms with E-state index in [4.69, 9.17) is 5.11 Å². The average Bonchev–Trinajstić information content (AvgIpc) is 2.83. The number of hydrogen-bond donors (Lipinski definition) is 2. The summed E-state index contributed by atoms with van der Waals surface area (Å²) in [5.74, 6) is -5.32. The lowest BCUT2D eigenvalue weighted by atomic mass is 9.80. The molecule has 4 rings (SSSR count). The number of likely N-dealkylation sites (tertiary alicyclic amines) is 2. The summed E-state index contributed by atoms with van der Waals surface area (Å²) in [5.41, 5.74) is -1.68. The minimum Gasteiger partial charge on any atom is -0.395 e. The highest BCUT2D eigenvalue weighted by molar-refractivity contribution is 5.95. The molecule has 0 saturated carbocycles. The van der Waals surface area contributed by atoms with Crippen LogP contribution in [-0.4, -0.2) is 70.3 Å². The molecule has 2 aliphatic heterocycles. The smallest absolute Gasteiger partial charge is 0.257 e. The van der Waals surface area contributed by atoms with Crippen LogP contribution in [0.4, 0.5) is 13.2 Å². The Kier molecular flexibility index (Phi) is 10.3. The molecule has 1 unspecified atom stereocenters. The van der Waals surface area contributed by atoms with Gasteiger partial charge in [0.1, 0.15) is 5.60 Å². The molecule has 8 heteroatoms. The van der Waals surface area contributed by atoms with Crippen LogP contribution in [0, 0.1) is 17.5 Å². The van der Waals surface area contributed by atoms with Crippen molar-refractivity contribution in [2.45, 2.75) is 44.8 Å². The molecule has 2 aromatic carbocycles. The number of hydrogen-bond acceptors (Lipinski definition) is 4. The Bertz CT molecular complexity index is 848. The van der Waals surface area contributed by atoms with Gasteiger partial charge >= 0.3 is 0 Å². The average molecular weight is 467 g/mol. The Morgan fingerprint density at radius 1 is 1.00 bits per heavy atom. The zero-order valence-corrected chi connectivity index (χ0v) is 19.2. The van der Waals surface area contributed by atoms with E-state index in [1.54, 1.807) is 0 Å². The van der Waals surface area contributed by atoms with Gasteiger partial charge in [0.25, 0.3) is 5.91 Å². The maximum atomic E-state index is 13.8. The summed E-state index contributed by atoms with van der Waals surface area (Å²) in [6.45, 7) is 5.18. The van der Waals surface area contributed by atoms with Gasteiger partial charge in [-0.2, -0.15) is 0 Å². The quantitative estimate of drug-likeness (QED) is 0.672. The Morgan fingerprint density at radius 3 is 2.12 bits per heavy atom. The second-order valence-corrected chi connectivity index (χ2v) is 7.91. The molecular weight excluding hydrogens is 433 g/mol. The van der Waals surface area contributed by atoms with Crippen molar-refractivity contribution in [3.8, 4) is 0 Å². The molecule has 5 nitrogen and oxygen atoms in total. The fraction of sp³-hybridized carbons (Fsp3) is 0.480. The van der Waals surface area contributed by atoms with Gasteiger partial charge in [-0.1, -0.05) is 56.7 Å². The van der Waals surface area contributed by atoms with Crippen molar-refractivity contribution in [2.24, 2.45) is 0 Å². The zero-order chi connectivity index (χ0) is 24.4. The number of benzene rings is 2. The summed E-state index contributed by atoms with van der Waals surface area (Å²) < 4.78 is 40.1. The molecule has 1 atom stereocenters. The third-order valence-electron chi connectivity index (χ3n) is 5.77. The van der Waals surface area contributed by atoms with E-state index in [0.29, 0.717) is 12.6 Å².